The molecule has 0 saturated heterocycles. The molecule has 2 nitrogen and oxygen atoms in total. The van der Waals surface area contributed by atoms with Crippen LogP contribution in [-0.2, 0) is 0 Å². The minimum absolute atomic E-state index is 0.0570. The molecule has 0 aliphatic rings. The number of para-hydroxylation sites is 2. The highest BCUT2D eigenvalue weighted by atomic mass is 19.1. The smallest absolute Gasteiger partial charge is 0.148 e. The Morgan fingerprint density at radius 3 is 1.03 bits per heavy atom. The predicted octanol–water partition coefficient (Wildman–Crippen LogP) is 15.7. The van der Waals surface area contributed by atoms with Crippen LogP contribution in [0.5, 0.6) is 0 Å². The first-order valence-electron chi connectivity index (χ1n) is 19.2. The van der Waals surface area contributed by atoms with Gasteiger partial charge in [-0.3, -0.25) is 0 Å². The van der Waals surface area contributed by atoms with Crippen LogP contribution in [0.1, 0.15) is 0 Å². The molecule has 10 aromatic carbocycles. The number of benzene rings is 10. The predicted molar refractivity (Wildman–Crippen MR) is 230 cm³/mol. The van der Waals surface area contributed by atoms with Crippen molar-refractivity contribution in [1.82, 2.24) is 0 Å². The first-order chi connectivity index (χ1) is 29.3. The first kappa shape index (κ1) is 36.7. The van der Waals surface area contributed by atoms with Crippen molar-refractivity contribution in [3.63, 3.8) is 0 Å². The molecule has 0 heterocycles. The maximum absolute atomic E-state index is 16.5. The Balaban J connectivity index is 1.19. The molecule has 0 aliphatic heterocycles. The number of halogens is 6. The van der Waals surface area contributed by atoms with Crippen molar-refractivity contribution in [2.45, 2.75) is 0 Å². The SMILES string of the molecule is Fc1ccccc1-c1cc(F)c(N(c2ccccc2)c2ccc3ccc4c(N(c5ccccc5)c5cc(F)c(-c6ccccc6F)cc5F)ccc5ccc2c3c54)cc1F. The topological polar surface area (TPSA) is 6.48 Å². The summed E-state index contributed by atoms with van der Waals surface area (Å²) in [6, 6.07) is 48.8. The Labute approximate surface area is 340 Å². The number of anilines is 6. The average molecular weight is 797 g/mol. The van der Waals surface area contributed by atoms with E-state index in [1.165, 1.54) is 36.4 Å². The zero-order valence-corrected chi connectivity index (χ0v) is 31.5. The van der Waals surface area contributed by atoms with Gasteiger partial charge >= 0.3 is 0 Å². The Morgan fingerprint density at radius 1 is 0.267 bits per heavy atom. The highest BCUT2D eigenvalue weighted by Crippen LogP contribution is 2.49. The van der Waals surface area contributed by atoms with Crippen LogP contribution in [0.4, 0.5) is 60.5 Å². The molecule has 10 rings (SSSR count). The van der Waals surface area contributed by atoms with E-state index in [1.54, 1.807) is 70.5 Å². The van der Waals surface area contributed by atoms with Crippen molar-refractivity contribution in [3.8, 4) is 22.3 Å². The van der Waals surface area contributed by atoms with E-state index in [4.69, 9.17) is 0 Å². The lowest BCUT2D eigenvalue weighted by Gasteiger charge is -2.30. The number of rotatable bonds is 8. The van der Waals surface area contributed by atoms with Crippen LogP contribution in [0.25, 0.3) is 54.6 Å². The first-order valence-corrected chi connectivity index (χ1v) is 19.2. The van der Waals surface area contributed by atoms with Gasteiger partial charge in [-0.05, 0) is 82.2 Å². The summed E-state index contributed by atoms with van der Waals surface area (Å²) in [6.07, 6.45) is 0. The molecule has 0 bridgehead atoms. The average Bonchev–Trinajstić information content (AvgIpc) is 3.27. The molecule has 0 aliphatic carbocycles. The van der Waals surface area contributed by atoms with Crippen LogP contribution >= 0.6 is 0 Å². The third kappa shape index (κ3) is 6.07. The fourth-order valence-electron chi connectivity index (χ4n) is 8.32. The summed E-state index contributed by atoms with van der Waals surface area (Å²) in [6.45, 7) is 0. The van der Waals surface area contributed by atoms with Crippen LogP contribution in [0, 0.1) is 34.9 Å². The molecule has 290 valence electrons. The molecule has 0 amide bonds. The molecule has 0 saturated carbocycles. The van der Waals surface area contributed by atoms with Crippen molar-refractivity contribution < 1.29 is 26.3 Å². The Kier molecular flexibility index (Phi) is 8.98. The van der Waals surface area contributed by atoms with E-state index in [2.05, 4.69) is 0 Å². The van der Waals surface area contributed by atoms with E-state index in [0.29, 0.717) is 33.5 Å². The highest BCUT2D eigenvalue weighted by Gasteiger charge is 2.26. The van der Waals surface area contributed by atoms with Crippen molar-refractivity contribution in [3.05, 3.63) is 217 Å². The van der Waals surface area contributed by atoms with Gasteiger partial charge in [-0.2, -0.15) is 0 Å². The molecule has 0 N–H and O–H groups in total. The monoisotopic (exact) mass is 796 g/mol. The minimum Gasteiger partial charge on any atom is -0.307 e. The van der Waals surface area contributed by atoms with Gasteiger partial charge in [0, 0.05) is 56.5 Å². The maximum Gasteiger partial charge on any atom is 0.148 e. The van der Waals surface area contributed by atoms with Crippen molar-refractivity contribution in [2.75, 3.05) is 9.80 Å². The summed E-state index contributed by atoms with van der Waals surface area (Å²) in [5, 5.41) is 4.75. The van der Waals surface area contributed by atoms with Gasteiger partial charge in [0.2, 0.25) is 0 Å². The van der Waals surface area contributed by atoms with E-state index in [9.17, 15) is 8.78 Å². The Bertz CT molecular complexity index is 3020. The van der Waals surface area contributed by atoms with Crippen molar-refractivity contribution >= 4 is 66.4 Å². The third-order valence-corrected chi connectivity index (χ3v) is 11.0. The molecule has 10 aromatic rings. The number of hydrogen-bond donors (Lipinski definition) is 0. The maximum atomic E-state index is 16.5. The highest BCUT2D eigenvalue weighted by molar-refractivity contribution is 6.28. The van der Waals surface area contributed by atoms with Crippen LogP contribution in [0.15, 0.2) is 182 Å². The summed E-state index contributed by atoms with van der Waals surface area (Å²) in [5.41, 5.74) is 1.51. The van der Waals surface area contributed by atoms with Gasteiger partial charge in [0.1, 0.15) is 34.9 Å². The molecule has 0 fully saturated rings. The minimum atomic E-state index is -0.800. The Morgan fingerprint density at radius 2 is 0.633 bits per heavy atom. The van der Waals surface area contributed by atoms with Crippen molar-refractivity contribution in [1.29, 1.82) is 0 Å². The summed E-state index contributed by atoms with van der Waals surface area (Å²) < 4.78 is 94.8. The molecule has 8 heteroatoms. The Hall–Kier alpha value is -7.58. The fourth-order valence-corrected chi connectivity index (χ4v) is 8.32. The zero-order chi connectivity index (χ0) is 41.1. The van der Waals surface area contributed by atoms with Gasteiger partial charge in [-0.25, -0.2) is 26.3 Å². The molecule has 0 unspecified atom stereocenters. The summed E-state index contributed by atoms with van der Waals surface area (Å²) in [5.74, 6) is -4.47. The second-order valence-corrected chi connectivity index (χ2v) is 14.5. The van der Waals surface area contributed by atoms with E-state index in [-0.39, 0.29) is 33.6 Å². The molecular weight excluding hydrogens is 767 g/mol. The lowest BCUT2D eigenvalue weighted by Crippen LogP contribution is -2.14. The second-order valence-electron chi connectivity index (χ2n) is 14.5. The quantitative estimate of drug-likeness (QED) is 0.112. The molecule has 0 atom stereocenters. The van der Waals surface area contributed by atoms with Gasteiger partial charge in [0.25, 0.3) is 0 Å². The standard InChI is InChI=1S/C52H30F6N2/c53-41-17-9-7-15-35(41)39-27-45(57)49(29-43(39)55)59(33-11-3-1-4-12-33)47-25-21-31-20-24-38-48(26-22-32-19-23-37(47)51(31)52(32)38)60(34-13-5-2-6-14-34)50-30-44(56)40(28-46(50)58)36-16-8-10-18-42(36)54/h1-30H. The van der Waals surface area contributed by atoms with E-state index in [1.807, 2.05) is 60.7 Å². The van der Waals surface area contributed by atoms with Gasteiger partial charge in [-0.15, -0.1) is 0 Å². The zero-order valence-electron chi connectivity index (χ0n) is 31.5. The van der Waals surface area contributed by atoms with Gasteiger partial charge in [0.15, 0.2) is 0 Å². The van der Waals surface area contributed by atoms with Crippen LogP contribution < -0.4 is 9.80 Å². The lowest BCUT2D eigenvalue weighted by atomic mass is 9.91. The third-order valence-electron chi connectivity index (χ3n) is 11.0. The second kappa shape index (κ2) is 14.7. The fraction of sp³-hybridized carbons (Fsp3) is 0. The van der Waals surface area contributed by atoms with Crippen LogP contribution in [0.3, 0.4) is 0 Å². The van der Waals surface area contributed by atoms with Crippen LogP contribution in [-0.4, -0.2) is 0 Å². The molecule has 0 aromatic heterocycles. The number of hydrogen-bond acceptors (Lipinski definition) is 2. The molecular formula is C52H30F6N2. The van der Waals surface area contributed by atoms with Crippen LogP contribution in [0.2, 0.25) is 0 Å². The summed E-state index contributed by atoms with van der Waals surface area (Å²) in [4.78, 5) is 3.28. The molecule has 0 spiro atoms. The molecule has 0 radical (unpaired) electrons. The normalized spacial score (nSPS) is 11.5. The van der Waals surface area contributed by atoms with E-state index < -0.39 is 34.9 Å². The van der Waals surface area contributed by atoms with Crippen molar-refractivity contribution in [2.24, 2.45) is 0 Å². The van der Waals surface area contributed by atoms with E-state index >= 15 is 17.6 Å². The van der Waals surface area contributed by atoms with Gasteiger partial charge in [-0.1, -0.05) is 109 Å². The number of nitrogens with zero attached hydrogens (tertiary/aromatic N) is 2. The summed E-state index contributed by atoms with van der Waals surface area (Å²) >= 11 is 0. The van der Waals surface area contributed by atoms with Gasteiger partial charge < -0.3 is 9.80 Å². The van der Waals surface area contributed by atoms with E-state index in [0.717, 1.165) is 45.8 Å². The summed E-state index contributed by atoms with van der Waals surface area (Å²) in [7, 11) is 0. The lowest BCUT2D eigenvalue weighted by molar-refractivity contribution is 0.599. The molecule has 60 heavy (non-hydrogen) atoms. The van der Waals surface area contributed by atoms with Gasteiger partial charge in [0.05, 0.1) is 22.7 Å². The largest absolute Gasteiger partial charge is 0.307 e.